The minimum atomic E-state index is -1.02. The summed E-state index contributed by atoms with van der Waals surface area (Å²) in [6.07, 6.45) is 1.23. The summed E-state index contributed by atoms with van der Waals surface area (Å²) >= 11 is 0. The predicted molar refractivity (Wildman–Crippen MR) is 65.6 cm³/mol. The second kappa shape index (κ2) is 5.18. The molecule has 18 heavy (non-hydrogen) atoms. The number of nitrogens with one attached hydrogen (secondary N) is 1. The Hall–Kier alpha value is -1.88. The van der Waals surface area contributed by atoms with Gasteiger partial charge in [-0.2, -0.15) is 0 Å². The van der Waals surface area contributed by atoms with E-state index in [1.54, 1.807) is 12.1 Å². The maximum absolute atomic E-state index is 11.9. The molecule has 0 aliphatic carbocycles. The van der Waals surface area contributed by atoms with Gasteiger partial charge in [0.15, 0.2) is 0 Å². The zero-order valence-electron chi connectivity index (χ0n) is 10.1. The Morgan fingerprint density at radius 1 is 1.39 bits per heavy atom. The number of hydrogen-bond acceptors (Lipinski definition) is 3. The van der Waals surface area contributed by atoms with Gasteiger partial charge in [-0.3, -0.25) is 4.79 Å². The first-order chi connectivity index (χ1) is 8.56. The minimum Gasteiger partial charge on any atom is -0.478 e. The molecule has 2 rings (SSSR count). The van der Waals surface area contributed by atoms with Crippen LogP contribution in [-0.4, -0.2) is 29.2 Å². The van der Waals surface area contributed by atoms with Crippen LogP contribution in [0.3, 0.4) is 0 Å². The van der Waals surface area contributed by atoms with Gasteiger partial charge in [-0.1, -0.05) is 6.07 Å². The van der Waals surface area contributed by atoms with Gasteiger partial charge >= 0.3 is 5.97 Å². The zero-order chi connectivity index (χ0) is 13.1. The number of carbonyl (C=O) groups is 2. The average molecular weight is 249 g/mol. The van der Waals surface area contributed by atoms with Crippen LogP contribution in [0.15, 0.2) is 24.3 Å². The highest BCUT2D eigenvalue weighted by molar-refractivity contribution is 5.96. The Morgan fingerprint density at radius 3 is 2.78 bits per heavy atom. The van der Waals surface area contributed by atoms with Crippen molar-refractivity contribution in [1.82, 2.24) is 0 Å². The monoisotopic (exact) mass is 249 g/mol. The number of carbonyl (C=O) groups excluding carboxylic acids is 1. The van der Waals surface area contributed by atoms with Crippen LogP contribution in [0, 0.1) is 0 Å². The third-order valence-electron chi connectivity index (χ3n) is 2.90. The maximum Gasteiger partial charge on any atom is 0.335 e. The molecule has 1 aliphatic heterocycles. The molecule has 96 valence electrons. The summed E-state index contributed by atoms with van der Waals surface area (Å²) in [5, 5.41) is 11.5. The molecule has 1 aromatic rings. The third kappa shape index (κ3) is 2.87. The number of hydrogen-bond donors (Lipinski definition) is 2. The lowest BCUT2D eigenvalue weighted by Gasteiger charge is -2.11. The topological polar surface area (TPSA) is 75.6 Å². The van der Waals surface area contributed by atoms with Crippen LogP contribution in [-0.2, 0) is 9.53 Å². The van der Waals surface area contributed by atoms with Gasteiger partial charge in [0.05, 0.1) is 11.7 Å². The fourth-order valence-electron chi connectivity index (χ4n) is 1.95. The summed E-state index contributed by atoms with van der Waals surface area (Å²) in [6, 6.07) is 6.16. The summed E-state index contributed by atoms with van der Waals surface area (Å²) in [7, 11) is 0. The second-order valence-corrected chi connectivity index (χ2v) is 4.39. The standard InChI is InChI=1S/C13H15NO4/c1-8-5-6-11(18-8)12(15)14-10-4-2-3-9(7-10)13(16)17/h2-4,7-8,11H,5-6H2,1H3,(H,14,15)(H,16,17). The molecule has 0 saturated carbocycles. The van der Waals surface area contributed by atoms with E-state index >= 15 is 0 Å². The van der Waals surface area contributed by atoms with E-state index in [0.717, 1.165) is 6.42 Å². The van der Waals surface area contributed by atoms with Crippen LogP contribution in [0.25, 0.3) is 0 Å². The summed E-state index contributed by atoms with van der Waals surface area (Å²) in [5.41, 5.74) is 0.622. The Bertz CT molecular complexity index is 472. The molecule has 2 unspecified atom stereocenters. The van der Waals surface area contributed by atoms with Gasteiger partial charge in [0.1, 0.15) is 6.10 Å². The number of rotatable bonds is 3. The van der Waals surface area contributed by atoms with E-state index in [-0.39, 0.29) is 17.6 Å². The van der Waals surface area contributed by atoms with Crippen LogP contribution in [0.4, 0.5) is 5.69 Å². The summed E-state index contributed by atoms with van der Waals surface area (Å²) in [5.74, 6) is -1.24. The van der Waals surface area contributed by atoms with E-state index in [2.05, 4.69) is 5.32 Å². The number of amides is 1. The van der Waals surface area contributed by atoms with Crippen molar-refractivity contribution < 1.29 is 19.4 Å². The van der Waals surface area contributed by atoms with Crippen LogP contribution in [0.5, 0.6) is 0 Å². The van der Waals surface area contributed by atoms with Crippen LogP contribution < -0.4 is 5.32 Å². The summed E-state index contributed by atoms with van der Waals surface area (Å²) < 4.78 is 5.44. The largest absolute Gasteiger partial charge is 0.478 e. The first-order valence-electron chi connectivity index (χ1n) is 5.86. The second-order valence-electron chi connectivity index (χ2n) is 4.39. The van der Waals surface area contributed by atoms with E-state index in [9.17, 15) is 9.59 Å². The van der Waals surface area contributed by atoms with Crippen molar-refractivity contribution in [2.45, 2.75) is 32.0 Å². The number of aromatic carboxylic acids is 1. The molecule has 0 aromatic heterocycles. The number of benzene rings is 1. The molecular weight excluding hydrogens is 234 g/mol. The fraction of sp³-hybridized carbons (Fsp3) is 0.385. The number of carboxylic acids is 1. The smallest absolute Gasteiger partial charge is 0.335 e. The zero-order valence-corrected chi connectivity index (χ0v) is 10.1. The van der Waals surface area contributed by atoms with Gasteiger partial charge in [-0.15, -0.1) is 0 Å². The normalized spacial score (nSPS) is 22.7. The molecule has 1 amide bonds. The van der Waals surface area contributed by atoms with Gasteiger partial charge in [0.25, 0.3) is 5.91 Å². The molecule has 5 heteroatoms. The molecule has 0 bridgehead atoms. The molecule has 1 heterocycles. The summed E-state index contributed by atoms with van der Waals surface area (Å²) in [6.45, 7) is 1.93. The van der Waals surface area contributed by atoms with E-state index in [1.165, 1.54) is 12.1 Å². The average Bonchev–Trinajstić information content (AvgIpc) is 2.76. The molecule has 1 saturated heterocycles. The highest BCUT2D eigenvalue weighted by Crippen LogP contribution is 2.20. The molecule has 2 atom stereocenters. The van der Waals surface area contributed by atoms with Gasteiger partial charge in [0.2, 0.25) is 0 Å². The van der Waals surface area contributed by atoms with Crippen molar-refractivity contribution in [1.29, 1.82) is 0 Å². The van der Waals surface area contributed by atoms with Crippen molar-refractivity contribution in [3.05, 3.63) is 29.8 Å². The lowest BCUT2D eigenvalue weighted by molar-refractivity contribution is -0.126. The number of anilines is 1. The van der Waals surface area contributed by atoms with Crippen molar-refractivity contribution in [3.63, 3.8) is 0 Å². The molecule has 1 fully saturated rings. The fourth-order valence-corrected chi connectivity index (χ4v) is 1.95. The minimum absolute atomic E-state index is 0.103. The molecule has 2 N–H and O–H groups in total. The lowest BCUT2D eigenvalue weighted by Crippen LogP contribution is -2.27. The lowest BCUT2D eigenvalue weighted by atomic mass is 10.1. The van der Waals surface area contributed by atoms with Crippen LogP contribution in [0.1, 0.15) is 30.1 Å². The van der Waals surface area contributed by atoms with E-state index in [4.69, 9.17) is 9.84 Å². The van der Waals surface area contributed by atoms with E-state index in [0.29, 0.717) is 12.1 Å². The predicted octanol–water partition coefficient (Wildman–Crippen LogP) is 1.89. The molecule has 1 aliphatic rings. The molecular formula is C13H15NO4. The van der Waals surface area contributed by atoms with Gasteiger partial charge < -0.3 is 15.2 Å². The van der Waals surface area contributed by atoms with Crippen molar-refractivity contribution >= 4 is 17.6 Å². The molecule has 5 nitrogen and oxygen atoms in total. The highest BCUT2D eigenvalue weighted by Gasteiger charge is 2.28. The Labute approximate surface area is 105 Å². The van der Waals surface area contributed by atoms with Gasteiger partial charge in [0, 0.05) is 5.69 Å². The first kappa shape index (κ1) is 12.6. The molecule has 1 aromatic carbocycles. The maximum atomic E-state index is 11.9. The van der Waals surface area contributed by atoms with Crippen molar-refractivity contribution in [3.8, 4) is 0 Å². The van der Waals surface area contributed by atoms with Crippen molar-refractivity contribution in [2.24, 2.45) is 0 Å². The number of carboxylic acid groups (broad SMARTS) is 1. The first-order valence-corrected chi connectivity index (χ1v) is 5.86. The SMILES string of the molecule is CC1CCC(C(=O)Nc2cccc(C(=O)O)c2)O1. The number of ether oxygens (including phenoxy) is 1. The highest BCUT2D eigenvalue weighted by atomic mass is 16.5. The Morgan fingerprint density at radius 2 is 2.17 bits per heavy atom. The van der Waals surface area contributed by atoms with Gasteiger partial charge in [-0.25, -0.2) is 4.79 Å². The molecule has 0 radical (unpaired) electrons. The third-order valence-corrected chi connectivity index (χ3v) is 2.90. The summed E-state index contributed by atoms with van der Waals surface area (Å²) in [4.78, 5) is 22.7. The Balaban J connectivity index is 2.03. The van der Waals surface area contributed by atoms with Crippen LogP contribution in [0.2, 0.25) is 0 Å². The van der Waals surface area contributed by atoms with E-state index in [1.807, 2.05) is 6.92 Å². The quantitative estimate of drug-likeness (QED) is 0.857. The molecule has 0 spiro atoms. The van der Waals surface area contributed by atoms with E-state index < -0.39 is 12.1 Å². The van der Waals surface area contributed by atoms with Crippen LogP contribution >= 0.6 is 0 Å². The Kier molecular flexibility index (Phi) is 3.62. The van der Waals surface area contributed by atoms with Gasteiger partial charge in [-0.05, 0) is 38.0 Å². The van der Waals surface area contributed by atoms with Crippen molar-refractivity contribution in [2.75, 3.05) is 5.32 Å².